The molecule has 1 atom stereocenters. The Labute approximate surface area is 88.9 Å². The molecular weight excluding hydrogens is 170 g/mol. The Hall–Kier alpha value is -0.0400. The van der Waals surface area contributed by atoms with Crippen molar-refractivity contribution in [3.63, 3.8) is 0 Å². The standard InChI is InChI=1S/C13H25N/c1-11(2)14-10-13(9-12(14)3)7-5-4-6-8-13/h11-12H,4-10H2,1-3H3. The molecule has 2 rings (SSSR count). The number of rotatable bonds is 1. The molecular formula is C13H25N. The maximum absolute atomic E-state index is 2.71. The lowest BCUT2D eigenvalue weighted by Crippen LogP contribution is -2.35. The summed E-state index contributed by atoms with van der Waals surface area (Å²) in [6.07, 6.45) is 8.92. The summed E-state index contributed by atoms with van der Waals surface area (Å²) in [6.45, 7) is 8.49. The van der Waals surface area contributed by atoms with Crippen molar-refractivity contribution in [1.82, 2.24) is 4.90 Å². The van der Waals surface area contributed by atoms with Crippen molar-refractivity contribution in [3.8, 4) is 0 Å². The van der Waals surface area contributed by atoms with E-state index in [9.17, 15) is 0 Å². The van der Waals surface area contributed by atoms with Gasteiger partial charge in [0.05, 0.1) is 0 Å². The van der Waals surface area contributed by atoms with E-state index in [0.717, 1.165) is 17.5 Å². The summed E-state index contributed by atoms with van der Waals surface area (Å²) < 4.78 is 0. The van der Waals surface area contributed by atoms with Crippen molar-refractivity contribution >= 4 is 0 Å². The lowest BCUT2D eigenvalue weighted by atomic mass is 9.73. The first-order valence-corrected chi connectivity index (χ1v) is 6.39. The molecule has 0 aromatic carbocycles. The van der Waals surface area contributed by atoms with Crippen LogP contribution in [0.1, 0.15) is 59.3 Å². The molecule has 0 radical (unpaired) electrons. The predicted molar refractivity (Wildman–Crippen MR) is 61.4 cm³/mol. The lowest BCUT2D eigenvalue weighted by Gasteiger charge is -2.34. The summed E-state index contributed by atoms with van der Waals surface area (Å²) in [6, 6.07) is 1.57. The second kappa shape index (κ2) is 3.84. The van der Waals surface area contributed by atoms with Crippen molar-refractivity contribution in [2.45, 2.75) is 71.4 Å². The molecule has 0 amide bonds. The molecule has 0 aromatic heterocycles. The third kappa shape index (κ3) is 1.84. The van der Waals surface area contributed by atoms with Gasteiger partial charge in [-0.15, -0.1) is 0 Å². The molecule has 0 N–H and O–H groups in total. The molecule has 1 saturated heterocycles. The van der Waals surface area contributed by atoms with Crippen LogP contribution >= 0.6 is 0 Å². The number of hydrogen-bond donors (Lipinski definition) is 0. The van der Waals surface area contributed by atoms with Crippen molar-refractivity contribution in [2.75, 3.05) is 6.54 Å². The fraction of sp³-hybridized carbons (Fsp3) is 1.00. The molecule has 1 unspecified atom stereocenters. The Kier molecular flexibility index (Phi) is 2.88. The topological polar surface area (TPSA) is 3.24 Å². The molecule has 1 nitrogen and oxygen atoms in total. The van der Waals surface area contributed by atoms with E-state index in [4.69, 9.17) is 0 Å². The van der Waals surface area contributed by atoms with Crippen LogP contribution < -0.4 is 0 Å². The molecule has 2 aliphatic rings. The molecule has 1 aliphatic carbocycles. The first kappa shape index (κ1) is 10.5. The zero-order chi connectivity index (χ0) is 10.2. The molecule has 2 fully saturated rings. The second-order valence-electron chi connectivity index (χ2n) is 5.88. The van der Waals surface area contributed by atoms with E-state index in [-0.39, 0.29) is 0 Å². The van der Waals surface area contributed by atoms with Crippen molar-refractivity contribution < 1.29 is 0 Å². The van der Waals surface area contributed by atoms with Crippen LogP contribution in [0.25, 0.3) is 0 Å². The molecule has 14 heavy (non-hydrogen) atoms. The zero-order valence-electron chi connectivity index (χ0n) is 10.1. The minimum Gasteiger partial charge on any atom is -0.298 e. The van der Waals surface area contributed by atoms with Gasteiger partial charge >= 0.3 is 0 Å². The first-order chi connectivity index (χ1) is 6.63. The smallest absolute Gasteiger partial charge is 0.00756 e. The first-order valence-electron chi connectivity index (χ1n) is 6.39. The average molecular weight is 195 g/mol. The van der Waals surface area contributed by atoms with E-state index in [1.54, 1.807) is 0 Å². The average Bonchev–Trinajstić information content (AvgIpc) is 2.44. The van der Waals surface area contributed by atoms with Crippen LogP contribution in [0.5, 0.6) is 0 Å². The number of hydrogen-bond acceptors (Lipinski definition) is 1. The summed E-state index contributed by atoms with van der Waals surface area (Å²) in [5.74, 6) is 0. The van der Waals surface area contributed by atoms with E-state index in [0.29, 0.717) is 0 Å². The third-order valence-corrected chi connectivity index (χ3v) is 4.39. The molecule has 0 aromatic rings. The fourth-order valence-electron chi connectivity index (χ4n) is 3.71. The SMILES string of the molecule is CC(C)N1CC2(CCCCC2)CC1C. The summed E-state index contributed by atoms with van der Waals surface area (Å²) in [5.41, 5.74) is 0.724. The maximum Gasteiger partial charge on any atom is 0.00756 e. The summed E-state index contributed by atoms with van der Waals surface area (Å²) >= 11 is 0. The van der Waals surface area contributed by atoms with Crippen LogP contribution in [0.2, 0.25) is 0 Å². The largest absolute Gasteiger partial charge is 0.298 e. The van der Waals surface area contributed by atoms with Crippen molar-refractivity contribution in [1.29, 1.82) is 0 Å². The summed E-state index contributed by atoms with van der Waals surface area (Å²) in [7, 11) is 0. The van der Waals surface area contributed by atoms with Gasteiger partial charge in [0.25, 0.3) is 0 Å². The van der Waals surface area contributed by atoms with E-state index in [1.807, 2.05) is 0 Å². The van der Waals surface area contributed by atoms with Crippen LogP contribution in [0, 0.1) is 5.41 Å². The van der Waals surface area contributed by atoms with Gasteiger partial charge in [-0.25, -0.2) is 0 Å². The van der Waals surface area contributed by atoms with Crippen LogP contribution in [0.3, 0.4) is 0 Å². The fourth-order valence-corrected chi connectivity index (χ4v) is 3.71. The van der Waals surface area contributed by atoms with Gasteiger partial charge in [0.15, 0.2) is 0 Å². The Morgan fingerprint density at radius 2 is 1.79 bits per heavy atom. The van der Waals surface area contributed by atoms with Crippen LogP contribution in [-0.4, -0.2) is 23.5 Å². The van der Waals surface area contributed by atoms with Gasteiger partial charge in [-0.2, -0.15) is 0 Å². The normalized spacial score (nSPS) is 33.0. The molecule has 0 bridgehead atoms. The Morgan fingerprint density at radius 1 is 1.14 bits per heavy atom. The van der Waals surface area contributed by atoms with Crippen molar-refractivity contribution in [2.24, 2.45) is 5.41 Å². The van der Waals surface area contributed by atoms with Crippen LogP contribution in [0.15, 0.2) is 0 Å². The van der Waals surface area contributed by atoms with Gasteiger partial charge in [0.2, 0.25) is 0 Å². The third-order valence-electron chi connectivity index (χ3n) is 4.39. The van der Waals surface area contributed by atoms with Gasteiger partial charge in [0, 0.05) is 18.6 Å². The van der Waals surface area contributed by atoms with Gasteiger partial charge in [0.1, 0.15) is 0 Å². The highest BCUT2D eigenvalue weighted by molar-refractivity contribution is 4.96. The second-order valence-corrected chi connectivity index (χ2v) is 5.88. The molecule has 82 valence electrons. The lowest BCUT2D eigenvalue weighted by molar-refractivity contribution is 0.164. The summed E-state index contributed by atoms with van der Waals surface area (Å²) in [4.78, 5) is 2.71. The predicted octanol–water partition coefficient (Wildman–Crippen LogP) is 3.44. The van der Waals surface area contributed by atoms with E-state index < -0.39 is 0 Å². The van der Waals surface area contributed by atoms with Crippen molar-refractivity contribution in [3.05, 3.63) is 0 Å². The maximum atomic E-state index is 2.71. The Balaban J connectivity index is 2.03. The molecule has 1 aliphatic heterocycles. The monoisotopic (exact) mass is 195 g/mol. The highest BCUT2D eigenvalue weighted by Crippen LogP contribution is 2.46. The number of nitrogens with zero attached hydrogens (tertiary/aromatic N) is 1. The molecule has 1 saturated carbocycles. The van der Waals surface area contributed by atoms with Crippen LogP contribution in [-0.2, 0) is 0 Å². The van der Waals surface area contributed by atoms with Gasteiger partial charge < -0.3 is 0 Å². The summed E-state index contributed by atoms with van der Waals surface area (Å²) in [5, 5.41) is 0. The van der Waals surface area contributed by atoms with E-state index in [2.05, 4.69) is 25.7 Å². The number of likely N-dealkylation sites (tertiary alicyclic amines) is 1. The highest BCUT2D eigenvalue weighted by atomic mass is 15.2. The van der Waals surface area contributed by atoms with Gasteiger partial charge in [-0.05, 0) is 45.4 Å². The molecule has 1 spiro atoms. The Morgan fingerprint density at radius 3 is 2.29 bits per heavy atom. The van der Waals surface area contributed by atoms with Gasteiger partial charge in [-0.3, -0.25) is 4.90 Å². The molecule has 1 heteroatoms. The van der Waals surface area contributed by atoms with E-state index >= 15 is 0 Å². The Bertz CT molecular complexity index is 191. The minimum absolute atomic E-state index is 0.724. The highest BCUT2D eigenvalue weighted by Gasteiger charge is 2.42. The van der Waals surface area contributed by atoms with Gasteiger partial charge in [-0.1, -0.05) is 19.3 Å². The van der Waals surface area contributed by atoms with E-state index in [1.165, 1.54) is 45.1 Å². The minimum atomic E-state index is 0.724. The van der Waals surface area contributed by atoms with Crippen LogP contribution in [0.4, 0.5) is 0 Å². The quantitative estimate of drug-likeness (QED) is 0.619. The zero-order valence-corrected chi connectivity index (χ0v) is 10.1. The molecule has 1 heterocycles.